The van der Waals surface area contributed by atoms with Gasteiger partial charge in [-0.25, -0.2) is 14.4 Å². The molecule has 19 heavy (non-hydrogen) atoms. The summed E-state index contributed by atoms with van der Waals surface area (Å²) < 4.78 is 0. The summed E-state index contributed by atoms with van der Waals surface area (Å²) in [4.78, 5) is 31.2. The fourth-order valence-corrected chi connectivity index (χ4v) is 1.52. The molecule has 4 N–H and O–H groups in total. The molecule has 1 rings (SSSR count). The van der Waals surface area contributed by atoms with E-state index in [-0.39, 0.29) is 6.04 Å². The van der Waals surface area contributed by atoms with Gasteiger partial charge in [-0.3, -0.25) is 0 Å². The molecule has 1 unspecified atom stereocenters. The summed E-state index contributed by atoms with van der Waals surface area (Å²) in [5.41, 5.74) is 0. The maximum Gasteiger partial charge on any atom is 0.407 e. The highest BCUT2D eigenvalue weighted by Crippen LogP contribution is 2.06. The van der Waals surface area contributed by atoms with Gasteiger partial charge in [-0.2, -0.15) is 0 Å². The van der Waals surface area contributed by atoms with E-state index in [2.05, 4.69) is 5.32 Å². The molecule has 1 saturated heterocycles. The van der Waals surface area contributed by atoms with Crippen LogP contribution in [-0.2, 0) is 9.59 Å². The van der Waals surface area contributed by atoms with Crippen molar-refractivity contribution in [1.82, 2.24) is 10.2 Å². The normalized spacial score (nSPS) is 18.6. The molecule has 0 spiro atoms. The zero-order valence-electron chi connectivity index (χ0n) is 10.6. The van der Waals surface area contributed by atoms with Crippen molar-refractivity contribution in [3.63, 3.8) is 0 Å². The van der Waals surface area contributed by atoms with Crippen molar-refractivity contribution >= 4 is 18.0 Å². The van der Waals surface area contributed by atoms with Gasteiger partial charge in [0.2, 0.25) is 0 Å². The number of amides is 1. The average Bonchev–Trinajstić information content (AvgIpc) is 2.37. The fourth-order valence-electron chi connectivity index (χ4n) is 1.52. The van der Waals surface area contributed by atoms with Crippen LogP contribution in [0, 0.1) is 0 Å². The van der Waals surface area contributed by atoms with Crippen LogP contribution < -0.4 is 5.32 Å². The van der Waals surface area contributed by atoms with Gasteiger partial charge < -0.3 is 25.5 Å². The van der Waals surface area contributed by atoms with E-state index in [9.17, 15) is 14.4 Å². The van der Waals surface area contributed by atoms with Crippen LogP contribution >= 0.6 is 0 Å². The Morgan fingerprint density at radius 3 is 2.05 bits per heavy atom. The Hall–Kier alpha value is -2.09. The first-order valence-corrected chi connectivity index (χ1v) is 5.72. The van der Waals surface area contributed by atoms with E-state index in [4.69, 9.17) is 15.3 Å². The molecular formula is C11H18N2O6. The number of rotatable bonds is 3. The molecule has 0 radical (unpaired) electrons. The third kappa shape index (κ3) is 7.77. The highest BCUT2D eigenvalue weighted by molar-refractivity contribution is 5.89. The second kappa shape index (κ2) is 8.92. The maximum absolute atomic E-state index is 10.6. The number of hydrogen-bond donors (Lipinski definition) is 4. The molecule has 1 aliphatic heterocycles. The maximum atomic E-state index is 10.6. The Bertz CT molecular complexity index is 339. The number of hydrogen-bond acceptors (Lipinski definition) is 4. The van der Waals surface area contributed by atoms with Gasteiger partial charge >= 0.3 is 18.0 Å². The van der Waals surface area contributed by atoms with Crippen LogP contribution in [0.1, 0.15) is 13.3 Å². The number of nitrogens with one attached hydrogen (secondary N) is 1. The smallest absolute Gasteiger partial charge is 0.407 e. The van der Waals surface area contributed by atoms with Crippen molar-refractivity contribution in [3.05, 3.63) is 12.2 Å². The van der Waals surface area contributed by atoms with Crippen LogP contribution in [0.5, 0.6) is 0 Å². The van der Waals surface area contributed by atoms with E-state index >= 15 is 0 Å². The summed E-state index contributed by atoms with van der Waals surface area (Å²) in [5.74, 6) is -2.51. The Kier molecular flexibility index (Phi) is 7.94. The highest BCUT2D eigenvalue weighted by Gasteiger charge is 2.23. The summed E-state index contributed by atoms with van der Waals surface area (Å²) in [6, 6.07) is 0.168. The Labute approximate surface area is 110 Å². The second-order valence-electron chi connectivity index (χ2n) is 3.75. The van der Waals surface area contributed by atoms with Crippen LogP contribution in [0.15, 0.2) is 12.2 Å². The average molecular weight is 274 g/mol. The lowest BCUT2D eigenvalue weighted by atomic mass is 10.1. The molecule has 0 saturated carbocycles. The molecule has 1 heterocycles. The third-order valence-electron chi connectivity index (χ3n) is 2.44. The fraction of sp³-hybridized carbons (Fsp3) is 0.545. The van der Waals surface area contributed by atoms with Crippen molar-refractivity contribution in [2.45, 2.75) is 19.4 Å². The Balaban J connectivity index is 0.000000362. The number of nitrogens with zero attached hydrogens (tertiary/aromatic N) is 1. The van der Waals surface area contributed by atoms with Gasteiger partial charge in [-0.1, -0.05) is 6.92 Å². The Morgan fingerprint density at radius 2 is 1.74 bits per heavy atom. The SMILES string of the molecule is CCC1CNCCN1C(=O)O.O=C(O)/C=C/C(=O)O. The monoisotopic (exact) mass is 274 g/mol. The minimum atomic E-state index is -1.26. The summed E-state index contributed by atoms with van der Waals surface area (Å²) in [6.45, 7) is 4.20. The molecular weight excluding hydrogens is 256 g/mol. The molecule has 0 aromatic rings. The minimum Gasteiger partial charge on any atom is -0.478 e. The Morgan fingerprint density at radius 1 is 1.21 bits per heavy atom. The molecule has 1 amide bonds. The topological polar surface area (TPSA) is 127 Å². The summed E-state index contributed by atoms with van der Waals surface area (Å²) >= 11 is 0. The van der Waals surface area contributed by atoms with Crippen LogP contribution in [0.3, 0.4) is 0 Å². The zero-order valence-corrected chi connectivity index (χ0v) is 10.6. The minimum absolute atomic E-state index is 0.168. The van der Waals surface area contributed by atoms with Gasteiger partial charge in [0.05, 0.1) is 0 Å². The number of carboxylic acids is 2. The van der Waals surface area contributed by atoms with Crippen LogP contribution in [0.25, 0.3) is 0 Å². The van der Waals surface area contributed by atoms with Crippen molar-refractivity contribution in [1.29, 1.82) is 0 Å². The molecule has 0 aliphatic carbocycles. The molecule has 108 valence electrons. The predicted molar refractivity (Wildman–Crippen MR) is 66.1 cm³/mol. The molecule has 0 aromatic carbocycles. The van der Waals surface area contributed by atoms with Crippen molar-refractivity contribution < 1.29 is 29.7 Å². The molecule has 1 aliphatic rings. The summed E-state index contributed by atoms with van der Waals surface area (Å²) in [5, 5.41) is 27.5. The van der Waals surface area contributed by atoms with Crippen molar-refractivity contribution in [2.75, 3.05) is 19.6 Å². The van der Waals surface area contributed by atoms with Gasteiger partial charge in [0, 0.05) is 37.8 Å². The van der Waals surface area contributed by atoms with Crippen molar-refractivity contribution in [2.24, 2.45) is 0 Å². The molecule has 1 fully saturated rings. The first-order valence-electron chi connectivity index (χ1n) is 5.72. The lowest BCUT2D eigenvalue weighted by Gasteiger charge is -2.33. The first-order chi connectivity index (χ1) is 8.88. The number of carboxylic acid groups (broad SMARTS) is 3. The van der Waals surface area contributed by atoms with Crippen molar-refractivity contribution in [3.8, 4) is 0 Å². The van der Waals surface area contributed by atoms with Gasteiger partial charge in [-0.05, 0) is 6.42 Å². The quantitative estimate of drug-likeness (QED) is 0.536. The summed E-state index contributed by atoms with van der Waals surface area (Å²) in [6.07, 6.45) is 1.21. The lowest BCUT2D eigenvalue weighted by Crippen LogP contribution is -2.52. The number of piperazine rings is 1. The first kappa shape index (κ1) is 16.9. The van der Waals surface area contributed by atoms with E-state index in [1.165, 1.54) is 4.90 Å². The number of aliphatic carboxylic acids is 2. The van der Waals surface area contributed by atoms with E-state index in [0.29, 0.717) is 18.7 Å². The van der Waals surface area contributed by atoms with E-state index in [1.54, 1.807) is 0 Å². The largest absolute Gasteiger partial charge is 0.478 e. The van der Waals surface area contributed by atoms with E-state index in [0.717, 1.165) is 19.5 Å². The van der Waals surface area contributed by atoms with Crippen LogP contribution in [-0.4, -0.2) is 63.9 Å². The zero-order chi connectivity index (χ0) is 14.8. The van der Waals surface area contributed by atoms with Gasteiger partial charge in [0.15, 0.2) is 0 Å². The predicted octanol–water partition coefficient (Wildman–Crippen LogP) is 0.0600. The standard InChI is InChI=1S/C7H14N2O2.C4H4O4/c1-2-6-5-8-3-4-9(6)7(10)11;5-3(6)1-2-4(7)8/h6,8H,2-5H2,1H3,(H,10,11);1-2H,(H,5,6)(H,7,8)/b;2-1+. The van der Waals surface area contributed by atoms with Gasteiger partial charge in [0.1, 0.15) is 0 Å². The van der Waals surface area contributed by atoms with Crippen LogP contribution in [0.4, 0.5) is 4.79 Å². The van der Waals surface area contributed by atoms with Gasteiger partial charge in [0.25, 0.3) is 0 Å². The molecule has 1 atom stereocenters. The molecule has 8 heteroatoms. The highest BCUT2D eigenvalue weighted by atomic mass is 16.4. The lowest BCUT2D eigenvalue weighted by molar-refractivity contribution is -0.134. The van der Waals surface area contributed by atoms with Gasteiger partial charge in [-0.15, -0.1) is 0 Å². The van der Waals surface area contributed by atoms with E-state index < -0.39 is 18.0 Å². The second-order valence-corrected chi connectivity index (χ2v) is 3.75. The summed E-state index contributed by atoms with van der Waals surface area (Å²) in [7, 11) is 0. The van der Waals surface area contributed by atoms with Crippen LogP contribution in [0.2, 0.25) is 0 Å². The third-order valence-corrected chi connectivity index (χ3v) is 2.44. The molecule has 8 nitrogen and oxygen atoms in total. The number of carbonyl (C=O) groups is 3. The van der Waals surface area contributed by atoms with E-state index in [1.807, 2.05) is 6.92 Å². The molecule has 0 bridgehead atoms. The molecule has 0 aromatic heterocycles.